The average molecular weight is 305 g/mol. The molecule has 1 aromatic heterocycles. The van der Waals surface area contributed by atoms with E-state index in [0.29, 0.717) is 24.9 Å². The highest BCUT2D eigenvalue weighted by Crippen LogP contribution is 2.18. The predicted octanol–water partition coefficient (Wildman–Crippen LogP) is 1.84. The van der Waals surface area contributed by atoms with Gasteiger partial charge < -0.3 is 10.6 Å². The van der Waals surface area contributed by atoms with E-state index in [1.54, 1.807) is 11.3 Å². The van der Waals surface area contributed by atoms with Crippen molar-refractivity contribution in [2.24, 2.45) is 0 Å². The summed E-state index contributed by atoms with van der Waals surface area (Å²) in [5.41, 5.74) is 0. The summed E-state index contributed by atoms with van der Waals surface area (Å²) >= 11 is 1.57. The summed E-state index contributed by atoms with van der Waals surface area (Å²) in [6.07, 6.45) is 2.84. The number of amides is 1. The lowest BCUT2D eigenvalue weighted by Gasteiger charge is -2.09. The van der Waals surface area contributed by atoms with Gasteiger partial charge in [-0.25, -0.2) is 0 Å². The number of nitrogens with zero attached hydrogens (tertiary/aromatic N) is 2. The summed E-state index contributed by atoms with van der Waals surface area (Å²) in [6.45, 7) is 5.71. The maximum absolute atomic E-state index is 11.7. The molecule has 1 saturated heterocycles. The van der Waals surface area contributed by atoms with Crippen LogP contribution < -0.4 is 10.6 Å². The molecule has 0 saturated carbocycles. The first-order valence-electron chi connectivity index (χ1n) is 6.47. The van der Waals surface area contributed by atoms with Gasteiger partial charge in [0.25, 0.3) is 0 Å². The molecule has 0 bridgehead atoms. The molecule has 19 heavy (non-hydrogen) atoms. The van der Waals surface area contributed by atoms with Crippen molar-refractivity contribution >= 4 is 29.7 Å². The number of aromatic nitrogens is 2. The molecule has 5 nitrogen and oxygen atoms in total. The summed E-state index contributed by atoms with van der Waals surface area (Å²) in [6, 6.07) is 0.352. The first kappa shape index (κ1) is 16.3. The third kappa shape index (κ3) is 5.04. The Bertz CT molecular complexity index is 404. The fourth-order valence-corrected chi connectivity index (χ4v) is 2.76. The Morgan fingerprint density at radius 1 is 1.53 bits per heavy atom. The van der Waals surface area contributed by atoms with E-state index in [-0.39, 0.29) is 18.3 Å². The highest BCUT2D eigenvalue weighted by atomic mass is 35.5. The zero-order valence-electron chi connectivity index (χ0n) is 11.3. The van der Waals surface area contributed by atoms with E-state index in [0.717, 1.165) is 23.0 Å². The third-order valence-electron chi connectivity index (χ3n) is 3.01. The van der Waals surface area contributed by atoms with Crippen molar-refractivity contribution in [2.75, 3.05) is 6.54 Å². The summed E-state index contributed by atoms with van der Waals surface area (Å²) in [4.78, 5) is 11.7. The fraction of sp³-hybridized carbons (Fsp3) is 0.750. The van der Waals surface area contributed by atoms with Crippen LogP contribution in [0.4, 0.5) is 0 Å². The Balaban J connectivity index is 0.00000180. The Morgan fingerprint density at radius 2 is 2.32 bits per heavy atom. The average Bonchev–Trinajstić information content (AvgIpc) is 2.96. The predicted molar refractivity (Wildman–Crippen MR) is 78.7 cm³/mol. The van der Waals surface area contributed by atoms with Crippen LogP contribution in [0.1, 0.15) is 49.0 Å². The van der Waals surface area contributed by atoms with Gasteiger partial charge in [-0.3, -0.25) is 4.79 Å². The van der Waals surface area contributed by atoms with Gasteiger partial charge in [-0.1, -0.05) is 25.2 Å². The van der Waals surface area contributed by atoms with E-state index >= 15 is 0 Å². The van der Waals surface area contributed by atoms with Gasteiger partial charge >= 0.3 is 0 Å². The van der Waals surface area contributed by atoms with Crippen molar-refractivity contribution in [1.82, 2.24) is 20.8 Å². The summed E-state index contributed by atoms with van der Waals surface area (Å²) < 4.78 is 0. The van der Waals surface area contributed by atoms with Gasteiger partial charge in [-0.05, 0) is 19.4 Å². The van der Waals surface area contributed by atoms with Gasteiger partial charge in [-0.2, -0.15) is 0 Å². The van der Waals surface area contributed by atoms with Gasteiger partial charge in [0.15, 0.2) is 0 Å². The van der Waals surface area contributed by atoms with Gasteiger partial charge in [0.2, 0.25) is 5.91 Å². The molecule has 2 heterocycles. The zero-order chi connectivity index (χ0) is 13.0. The molecular weight excluding hydrogens is 284 g/mol. The Kier molecular flexibility index (Phi) is 6.68. The fourth-order valence-electron chi connectivity index (χ4n) is 1.97. The van der Waals surface area contributed by atoms with Crippen LogP contribution in [-0.4, -0.2) is 28.7 Å². The lowest BCUT2D eigenvalue weighted by atomic mass is 10.1. The van der Waals surface area contributed by atoms with Gasteiger partial charge in [0.05, 0.1) is 6.54 Å². The van der Waals surface area contributed by atoms with Gasteiger partial charge in [-0.15, -0.1) is 22.6 Å². The van der Waals surface area contributed by atoms with Crippen LogP contribution >= 0.6 is 23.7 Å². The maximum atomic E-state index is 11.7. The lowest BCUT2D eigenvalue weighted by Crippen LogP contribution is -2.31. The molecule has 108 valence electrons. The highest BCUT2D eigenvalue weighted by molar-refractivity contribution is 7.11. The monoisotopic (exact) mass is 304 g/mol. The molecule has 0 spiro atoms. The molecule has 0 aliphatic carbocycles. The zero-order valence-corrected chi connectivity index (χ0v) is 12.9. The molecule has 0 aromatic carbocycles. The van der Waals surface area contributed by atoms with Crippen molar-refractivity contribution in [3.63, 3.8) is 0 Å². The van der Waals surface area contributed by atoms with E-state index < -0.39 is 0 Å². The molecule has 2 rings (SSSR count). The molecule has 0 radical (unpaired) electrons. The minimum Gasteiger partial charge on any atom is -0.349 e. The van der Waals surface area contributed by atoms with E-state index in [4.69, 9.17) is 0 Å². The number of hydrogen-bond acceptors (Lipinski definition) is 5. The van der Waals surface area contributed by atoms with Crippen LogP contribution in [0.2, 0.25) is 0 Å². The molecule has 1 aromatic rings. The van der Waals surface area contributed by atoms with Crippen LogP contribution in [0.15, 0.2) is 0 Å². The van der Waals surface area contributed by atoms with Gasteiger partial charge in [0, 0.05) is 18.4 Å². The van der Waals surface area contributed by atoms with Crippen LogP contribution in [0, 0.1) is 0 Å². The molecule has 1 atom stereocenters. The van der Waals surface area contributed by atoms with E-state index in [1.807, 2.05) is 0 Å². The minimum absolute atomic E-state index is 0. The molecule has 2 N–H and O–H groups in total. The second-order valence-corrected chi connectivity index (χ2v) is 6.06. The quantitative estimate of drug-likeness (QED) is 0.871. The second-order valence-electron chi connectivity index (χ2n) is 4.96. The van der Waals surface area contributed by atoms with Crippen LogP contribution in [0.5, 0.6) is 0 Å². The van der Waals surface area contributed by atoms with Crippen molar-refractivity contribution < 1.29 is 4.79 Å². The number of carbonyl (C=O) groups excluding carboxylic acids is 1. The van der Waals surface area contributed by atoms with Crippen LogP contribution in [-0.2, 0) is 11.3 Å². The van der Waals surface area contributed by atoms with Crippen molar-refractivity contribution in [3.8, 4) is 0 Å². The summed E-state index contributed by atoms with van der Waals surface area (Å²) in [7, 11) is 0. The van der Waals surface area contributed by atoms with Gasteiger partial charge in [0.1, 0.15) is 10.0 Å². The SMILES string of the molecule is CC(C)c1nnc(CNC(=O)CC2CCCN2)s1.Cl. The molecule has 7 heteroatoms. The Labute approximate surface area is 124 Å². The molecule has 1 fully saturated rings. The van der Waals surface area contributed by atoms with Crippen molar-refractivity contribution in [2.45, 2.75) is 51.6 Å². The minimum atomic E-state index is 0. The van der Waals surface area contributed by atoms with E-state index in [9.17, 15) is 4.79 Å². The molecule has 1 aliphatic heterocycles. The second kappa shape index (κ2) is 7.77. The lowest BCUT2D eigenvalue weighted by molar-refractivity contribution is -0.121. The summed E-state index contributed by atoms with van der Waals surface area (Å²) in [5.74, 6) is 0.491. The number of rotatable bonds is 5. The topological polar surface area (TPSA) is 66.9 Å². The molecule has 1 aliphatic rings. The number of halogens is 1. The molecule has 1 amide bonds. The van der Waals surface area contributed by atoms with E-state index in [1.165, 1.54) is 6.42 Å². The summed E-state index contributed by atoms with van der Waals surface area (Å²) in [5, 5.41) is 16.3. The van der Waals surface area contributed by atoms with Crippen molar-refractivity contribution in [1.29, 1.82) is 0 Å². The normalized spacial score (nSPS) is 18.4. The third-order valence-corrected chi connectivity index (χ3v) is 4.23. The number of nitrogens with one attached hydrogen (secondary N) is 2. The number of carbonyl (C=O) groups is 1. The van der Waals surface area contributed by atoms with Crippen molar-refractivity contribution in [3.05, 3.63) is 10.0 Å². The Hall–Kier alpha value is -0.720. The first-order valence-corrected chi connectivity index (χ1v) is 7.29. The standard InChI is InChI=1S/C12H20N4OS.ClH/c1-8(2)12-16-15-11(18-12)7-14-10(17)6-9-4-3-5-13-9;/h8-9,13H,3-7H2,1-2H3,(H,14,17);1H. The first-order chi connectivity index (χ1) is 8.65. The largest absolute Gasteiger partial charge is 0.349 e. The number of hydrogen-bond donors (Lipinski definition) is 2. The maximum Gasteiger partial charge on any atom is 0.221 e. The molecular formula is C12H21ClN4OS. The van der Waals surface area contributed by atoms with E-state index in [2.05, 4.69) is 34.7 Å². The van der Waals surface area contributed by atoms with Crippen LogP contribution in [0.25, 0.3) is 0 Å². The highest BCUT2D eigenvalue weighted by Gasteiger charge is 2.17. The van der Waals surface area contributed by atoms with Crippen LogP contribution in [0.3, 0.4) is 0 Å². The smallest absolute Gasteiger partial charge is 0.221 e. The Morgan fingerprint density at radius 3 is 2.89 bits per heavy atom. The molecule has 1 unspecified atom stereocenters.